The van der Waals surface area contributed by atoms with Crippen molar-refractivity contribution in [3.05, 3.63) is 36.5 Å². The van der Waals surface area contributed by atoms with Crippen LogP contribution in [0.15, 0.2) is 36.5 Å². The molecular weight excluding hydrogens is 934 g/mol. The lowest BCUT2D eigenvalue weighted by molar-refractivity contribution is -0.220. The lowest BCUT2D eigenvalue weighted by Gasteiger charge is -2.41. The lowest BCUT2D eigenvalue weighted by Crippen LogP contribution is -2.64. The Morgan fingerprint density at radius 2 is 0.819 bits per heavy atom. The molecule has 1 fully saturated rings. The number of rotatable bonds is 50. The van der Waals surface area contributed by atoms with Gasteiger partial charge in [-0.3, -0.25) is 13.8 Å². The minimum atomic E-state index is -5.16. The molecule has 1 aliphatic rings. The van der Waals surface area contributed by atoms with Crippen LogP contribution in [0, 0.1) is 0 Å². The van der Waals surface area contributed by atoms with Gasteiger partial charge in [-0.15, -0.1) is 0 Å². The smallest absolute Gasteiger partial charge is 0.393 e. The molecular formula is C58H110NO12P. The molecule has 9 N–H and O–H groups in total. The van der Waals surface area contributed by atoms with Gasteiger partial charge in [0.2, 0.25) is 5.91 Å². The predicted molar refractivity (Wildman–Crippen MR) is 293 cm³/mol. The molecule has 72 heavy (non-hydrogen) atoms. The van der Waals surface area contributed by atoms with Gasteiger partial charge in [-0.25, -0.2) is 4.57 Å². The van der Waals surface area contributed by atoms with Crippen LogP contribution >= 0.6 is 7.82 Å². The summed E-state index contributed by atoms with van der Waals surface area (Å²) in [5, 5.41) is 74.9. The van der Waals surface area contributed by atoms with Crippen LogP contribution in [0.5, 0.6) is 0 Å². The van der Waals surface area contributed by atoms with Gasteiger partial charge in [0.05, 0.1) is 31.3 Å². The second-order valence-electron chi connectivity index (χ2n) is 21.0. The van der Waals surface area contributed by atoms with Crippen LogP contribution in [0.1, 0.15) is 264 Å². The number of unbranched alkanes of at least 4 members (excludes halogenated alkanes) is 33. The van der Waals surface area contributed by atoms with Crippen LogP contribution in [-0.2, 0) is 18.4 Å². The van der Waals surface area contributed by atoms with Crippen LogP contribution in [0.3, 0.4) is 0 Å². The van der Waals surface area contributed by atoms with E-state index in [4.69, 9.17) is 9.05 Å². The highest BCUT2D eigenvalue weighted by Crippen LogP contribution is 2.47. The van der Waals surface area contributed by atoms with Crippen molar-refractivity contribution in [3.8, 4) is 0 Å². The molecule has 1 aliphatic carbocycles. The Balaban J connectivity index is 2.43. The van der Waals surface area contributed by atoms with Gasteiger partial charge in [-0.1, -0.05) is 249 Å². The molecule has 0 aliphatic heterocycles. The van der Waals surface area contributed by atoms with Crippen LogP contribution in [0.4, 0.5) is 0 Å². The van der Waals surface area contributed by atoms with Crippen molar-refractivity contribution in [1.29, 1.82) is 0 Å². The van der Waals surface area contributed by atoms with E-state index >= 15 is 0 Å². The average molecular weight is 1040 g/mol. The van der Waals surface area contributed by atoms with Crippen LogP contribution < -0.4 is 5.32 Å². The molecule has 13 nitrogen and oxygen atoms in total. The second-order valence-corrected chi connectivity index (χ2v) is 22.4. The van der Waals surface area contributed by atoms with Gasteiger partial charge in [-0.05, 0) is 44.9 Å². The Kier molecular flexibility index (Phi) is 44.5. The molecule has 0 heterocycles. The summed E-state index contributed by atoms with van der Waals surface area (Å²) < 4.78 is 23.0. The van der Waals surface area contributed by atoms with Crippen molar-refractivity contribution in [1.82, 2.24) is 5.32 Å². The second kappa shape index (κ2) is 46.8. The third-order valence-electron chi connectivity index (χ3n) is 14.2. The first-order valence-electron chi connectivity index (χ1n) is 29.5. The van der Waals surface area contributed by atoms with Crippen LogP contribution in [-0.4, -0.2) is 108 Å². The first-order valence-corrected chi connectivity index (χ1v) is 31.0. The molecule has 0 aromatic rings. The van der Waals surface area contributed by atoms with Crippen molar-refractivity contribution >= 4 is 13.7 Å². The molecule has 1 rings (SSSR count). The highest BCUT2D eigenvalue weighted by Gasteiger charge is 2.51. The highest BCUT2D eigenvalue weighted by molar-refractivity contribution is 7.47. The Morgan fingerprint density at radius 3 is 1.22 bits per heavy atom. The fourth-order valence-corrected chi connectivity index (χ4v) is 10.4. The molecule has 1 saturated carbocycles. The van der Waals surface area contributed by atoms with Crippen molar-refractivity contribution < 1.29 is 59.0 Å². The van der Waals surface area contributed by atoms with Gasteiger partial charge < -0.3 is 46.0 Å². The van der Waals surface area contributed by atoms with Gasteiger partial charge in [-0.2, -0.15) is 0 Å². The number of aliphatic hydroxyl groups is 7. The largest absolute Gasteiger partial charge is 0.472 e. The number of carbonyl (C=O) groups excluding carboxylic acids is 1. The number of carbonyl (C=O) groups is 1. The zero-order valence-electron chi connectivity index (χ0n) is 45.6. The summed E-state index contributed by atoms with van der Waals surface area (Å²) in [6.07, 6.45) is 43.7. The van der Waals surface area contributed by atoms with E-state index in [0.717, 1.165) is 44.9 Å². The molecule has 0 spiro atoms. The van der Waals surface area contributed by atoms with Gasteiger partial charge in [0.25, 0.3) is 0 Å². The van der Waals surface area contributed by atoms with Crippen molar-refractivity contribution in [3.63, 3.8) is 0 Å². The van der Waals surface area contributed by atoms with E-state index in [2.05, 4.69) is 43.5 Å². The molecule has 1 amide bonds. The summed E-state index contributed by atoms with van der Waals surface area (Å²) in [5.41, 5.74) is 0. The zero-order chi connectivity index (χ0) is 52.9. The predicted octanol–water partition coefficient (Wildman–Crippen LogP) is 12.4. The number of amides is 1. The normalized spacial score (nSPS) is 21.8. The van der Waals surface area contributed by atoms with Gasteiger partial charge in [0.1, 0.15) is 36.6 Å². The first-order chi connectivity index (χ1) is 34.8. The number of hydrogen-bond acceptors (Lipinski definition) is 11. The van der Waals surface area contributed by atoms with E-state index in [0.29, 0.717) is 19.3 Å². The quantitative estimate of drug-likeness (QED) is 0.0158. The zero-order valence-corrected chi connectivity index (χ0v) is 46.5. The summed E-state index contributed by atoms with van der Waals surface area (Å²) in [6, 6.07) is -1.26. The highest BCUT2D eigenvalue weighted by atomic mass is 31.2. The summed E-state index contributed by atoms with van der Waals surface area (Å²) in [5.74, 6) is -0.602. The van der Waals surface area contributed by atoms with Crippen molar-refractivity contribution in [2.24, 2.45) is 0 Å². The summed E-state index contributed by atoms with van der Waals surface area (Å²) in [6.45, 7) is 3.78. The average Bonchev–Trinajstić information content (AvgIpc) is 3.36. The van der Waals surface area contributed by atoms with Crippen LogP contribution in [0.2, 0.25) is 0 Å². The maximum absolute atomic E-state index is 13.1. The fourth-order valence-electron chi connectivity index (χ4n) is 9.45. The summed E-state index contributed by atoms with van der Waals surface area (Å²) in [7, 11) is -5.16. The molecule has 0 saturated heterocycles. The molecule has 8 unspecified atom stereocenters. The van der Waals surface area contributed by atoms with E-state index in [1.807, 2.05) is 0 Å². The maximum atomic E-state index is 13.1. The first kappa shape index (κ1) is 68.5. The lowest BCUT2D eigenvalue weighted by atomic mass is 9.85. The minimum absolute atomic E-state index is 0.253. The van der Waals surface area contributed by atoms with Crippen molar-refractivity contribution in [2.75, 3.05) is 6.61 Å². The fraction of sp³-hybridized carbons (Fsp3) is 0.879. The SMILES string of the molecule is CCCCCCCCCCCCC/C=C/CC/C=C/CC/C=C/C(O)C(COP(=O)(O)OC1C(O)C(O)C(O)C(O)C1O)NC(=O)CC(O)CCCCCCCCCCCCCCCCCCCCCCC. The third kappa shape index (κ3) is 37.3. The van der Waals surface area contributed by atoms with E-state index in [1.54, 1.807) is 6.08 Å². The maximum Gasteiger partial charge on any atom is 0.472 e. The molecule has 0 aromatic heterocycles. The Hall–Kier alpha value is -1.48. The summed E-state index contributed by atoms with van der Waals surface area (Å²) >= 11 is 0. The Morgan fingerprint density at radius 1 is 0.486 bits per heavy atom. The monoisotopic (exact) mass is 1040 g/mol. The number of aliphatic hydroxyl groups excluding tert-OH is 7. The molecule has 0 bridgehead atoms. The number of phosphoric acid groups is 1. The molecule has 8 atom stereocenters. The molecule has 0 aromatic carbocycles. The number of phosphoric ester groups is 1. The van der Waals surface area contributed by atoms with Gasteiger partial charge in [0.15, 0.2) is 0 Å². The van der Waals surface area contributed by atoms with Gasteiger partial charge in [0, 0.05) is 0 Å². The number of allylic oxidation sites excluding steroid dienone is 5. The van der Waals surface area contributed by atoms with E-state index in [9.17, 15) is 50.0 Å². The number of nitrogens with one attached hydrogen (secondary N) is 1. The van der Waals surface area contributed by atoms with E-state index in [1.165, 1.54) is 186 Å². The standard InChI is InChI=1S/C58H110NO12P/c1-3-5-7-9-11-13-15-17-19-21-23-25-27-29-31-33-35-37-39-41-43-45-49(60)47-52(62)59-50(48-70-72(68,69)71-58-56(66)54(64)53(63)55(65)57(58)67)51(61)46-44-42-40-38-36-34-32-30-28-26-24-22-20-18-16-14-12-10-8-6-4-2/h28,30,36,38,44,46,49-51,53-58,60-61,63-67H,3-27,29,31-35,37,39-43,45,47-48H2,1-2H3,(H,59,62)(H,68,69)/b30-28+,38-36+,46-44+. The Bertz CT molecular complexity index is 1370. The van der Waals surface area contributed by atoms with Crippen molar-refractivity contribution in [2.45, 2.75) is 319 Å². The topological polar surface area (TPSA) is 226 Å². The Labute approximate surface area is 438 Å². The third-order valence-corrected chi connectivity index (χ3v) is 15.2. The molecule has 0 radical (unpaired) electrons. The molecule has 14 heteroatoms. The molecule has 424 valence electrons. The summed E-state index contributed by atoms with van der Waals surface area (Å²) in [4.78, 5) is 23.6. The van der Waals surface area contributed by atoms with E-state index < -0.39 is 75.2 Å². The number of hydrogen-bond donors (Lipinski definition) is 9. The minimum Gasteiger partial charge on any atom is -0.393 e. The van der Waals surface area contributed by atoms with Crippen LogP contribution in [0.25, 0.3) is 0 Å². The van der Waals surface area contributed by atoms with E-state index in [-0.39, 0.29) is 6.42 Å². The van der Waals surface area contributed by atoms with Gasteiger partial charge >= 0.3 is 7.82 Å².